The lowest BCUT2D eigenvalue weighted by Crippen LogP contribution is -2.49. The Morgan fingerprint density at radius 3 is 1.98 bits per heavy atom. The number of carboxylic acid groups (broad SMARTS) is 1. The highest BCUT2D eigenvalue weighted by molar-refractivity contribution is 5.95. The van der Waals surface area contributed by atoms with Crippen LogP contribution in [-0.2, 0) is 22.9 Å². The molecular formula is C32H19F12NO5. The Morgan fingerprint density at radius 2 is 1.38 bits per heavy atom. The molecule has 0 aliphatic carbocycles. The number of carbonyl (C=O) groups excluding carboxylic acids is 1. The number of aliphatic carboxylic acids is 1. The molecule has 2 N–H and O–H groups in total. The first-order chi connectivity index (χ1) is 23.1. The van der Waals surface area contributed by atoms with Crippen molar-refractivity contribution in [3.63, 3.8) is 0 Å². The van der Waals surface area contributed by atoms with Gasteiger partial charge in [0.25, 0.3) is 5.91 Å². The molecule has 4 aromatic rings. The number of benzene rings is 4. The molecule has 0 radical (unpaired) electrons. The van der Waals surface area contributed by atoms with Crippen molar-refractivity contribution < 1.29 is 76.9 Å². The lowest BCUT2D eigenvalue weighted by molar-refractivity contribution is -0.253. The summed E-state index contributed by atoms with van der Waals surface area (Å²) in [6.07, 6.45) is -20.8. The van der Waals surface area contributed by atoms with Crippen LogP contribution in [-0.4, -0.2) is 35.6 Å². The minimum atomic E-state index is -5.33. The molecule has 0 aliphatic heterocycles. The van der Waals surface area contributed by atoms with Crippen molar-refractivity contribution in [3.8, 4) is 11.5 Å². The average Bonchev–Trinajstić information content (AvgIpc) is 3.01. The average molecular weight is 725 g/mol. The molecule has 50 heavy (non-hydrogen) atoms. The van der Waals surface area contributed by atoms with E-state index in [0.29, 0.717) is 30.3 Å². The molecule has 0 bridgehead atoms. The van der Waals surface area contributed by atoms with Crippen molar-refractivity contribution in [2.24, 2.45) is 0 Å². The maximum Gasteiger partial charge on any atom is 0.502 e. The van der Waals surface area contributed by atoms with Gasteiger partial charge in [0, 0.05) is 18.1 Å². The summed E-state index contributed by atoms with van der Waals surface area (Å²) in [5.41, 5.74) is -6.63. The van der Waals surface area contributed by atoms with Crippen LogP contribution in [0.1, 0.15) is 32.6 Å². The van der Waals surface area contributed by atoms with Gasteiger partial charge in [0.15, 0.2) is 11.6 Å². The zero-order chi connectivity index (χ0) is 37.2. The number of halogens is 12. The van der Waals surface area contributed by atoms with Gasteiger partial charge in [-0.15, -0.1) is 0 Å². The van der Waals surface area contributed by atoms with Gasteiger partial charge in [-0.3, -0.25) is 4.79 Å². The second-order valence-electron chi connectivity index (χ2n) is 10.4. The number of nitrogens with one attached hydrogen (secondary N) is 1. The van der Waals surface area contributed by atoms with Crippen LogP contribution in [0.2, 0.25) is 0 Å². The number of alkyl halides is 9. The molecule has 0 aliphatic rings. The van der Waals surface area contributed by atoms with Crippen LogP contribution in [0.5, 0.6) is 11.5 Å². The number of carboxylic acids is 1. The van der Waals surface area contributed by atoms with Crippen molar-refractivity contribution in [1.82, 2.24) is 5.32 Å². The van der Waals surface area contributed by atoms with Crippen molar-refractivity contribution in [2.75, 3.05) is 0 Å². The summed E-state index contributed by atoms with van der Waals surface area (Å²) < 4.78 is 174. The zero-order valence-corrected chi connectivity index (χ0v) is 24.5. The molecule has 0 aromatic heterocycles. The Hall–Kier alpha value is -5.42. The predicted octanol–water partition coefficient (Wildman–Crippen LogP) is 8.33. The monoisotopic (exact) mass is 725 g/mol. The van der Waals surface area contributed by atoms with Crippen LogP contribution < -0.4 is 14.8 Å². The SMILES string of the molecule is O=C(NC(Cc1ccccc1)(c1cc(F)cc(OC(F)(F)C(F)F)c1)c1ccc(F)c(OC(F)(F)C(=O)O)c1)c1ccc(F)c(C(F)(F)F)c1. The van der Waals surface area contributed by atoms with E-state index in [-0.39, 0.29) is 23.8 Å². The minimum absolute atomic E-state index is 0.0772. The Bertz CT molecular complexity index is 1890. The summed E-state index contributed by atoms with van der Waals surface area (Å²) in [6.45, 7) is 0. The first-order valence-electron chi connectivity index (χ1n) is 13.6. The van der Waals surface area contributed by atoms with Crippen LogP contribution in [0.3, 0.4) is 0 Å². The lowest BCUT2D eigenvalue weighted by atomic mass is 9.77. The topological polar surface area (TPSA) is 84.9 Å². The van der Waals surface area contributed by atoms with E-state index >= 15 is 4.39 Å². The summed E-state index contributed by atoms with van der Waals surface area (Å²) in [5.74, 6) is -12.1. The molecule has 0 saturated heterocycles. The fraction of sp³-hybridized carbons (Fsp3) is 0.188. The van der Waals surface area contributed by atoms with Gasteiger partial charge in [-0.25, -0.2) is 18.0 Å². The minimum Gasteiger partial charge on any atom is -0.474 e. The third kappa shape index (κ3) is 8.23. The van der Waals surface area contributed by atoms with E-state index in [1.54, 1.807) is 0 Å². The van der Waals surface area contributed by atoms with Crippen LogP contribution in [0.4, 0.5) is 52.7 Å². The Kier molecular flexibility index (Phi) is 10.3. The summed E-state index contributed by atoms with van der Waals surface area (Å²) in [7, 11) is 0. The molecule has 0 heterocycles. The number of hydrogen-bond donors (Lipinski definition) is 2. The molecule has 1 amide bonds. The second-order valence-corrected chi connectivity index (χ2v) is 10.4. The summed E-state index contributed by atoms with van der Waals surface area (Å²) in [6, 6.07) is 10.7. The van der Waals surface area contributed by atoms with Crippen LogP contribution in [0.25, 0.3) is 0 Å². The number of ether oxygens (including phenoxy) is 2. The summed E-state index contributed by atoms with van der Waals surface area (Å²) >= 11 is 0. The maximum atomic E-state index is 15.1. The molecule has 1 unspecified atom stereocenters. The van der Waals surface area contributed by atoms with Crippen LogP contribution in [0.15, 0.2) is 84.9 Å². The molecular weight excluding hydrogens is 706 g/mol. The Morgan fingerprint density at radius 1 is 0.740 bits per heavy atom. The molecule has 1 atom stereocenters. The molecule has 6 nitrogen and oxygen atoms in total. The molecule has 4 rings (SSSR count). The van der Waals surface area contributed by atoms with Gasteiger partial charge in [-0.05, 0) is 59.2 Å². The Labute approximate surface area is 272 Å². The van der Waals surface area contributed by atoms with E-state index in [4.69, 9.17) is 5.11 Å². The highest BCUT2D eigenvalue weighted by Gasteiger charge is 2.46. The number of carbonyl (C=O) groups is 2. The van der Waals surface area contributed by atoms with Crippen molar-refractivity contribution >= 4 is 11.9 Å². The smallest absolute Gasteiger partial charge is 0.474 e. The largest absolute Gasteiger partial charge is 0.502 e. The number of amides is 1. The van der Waals surface area contributed by atoms with Crippen molar-refractivity contribution in [3.05, 3.63) is 130 Å². The van der Waals surface area contributed by atoms with Crippen LogP contribution >= 0.6 is 0 Å². The van der Waals surface area contributed by atoms with E-state index in [1.165, 1.54) is 30.3 Å². The third-order valence-corrected chi connectivity index (χ3v) is 6.96. The van der Waals surface area contributed by atoms with E-state index in [9.17, 15) is 57.9 Å². The van der Waals surface area contributed by atoms with Gasteiger partial charge >= 0.3 is 30.8 Å². The summed E-state index contributed by atoms with van der Waals surface area (Å²) in [5, 5.41) is 11.0. The number of hydrogen-bond acceptors (Lipinski definition) is 4. The van der Waals surface area contributed by atoms with E-state index in [0.717, 1.165) is 6.07 Å². The molecule has 266 valence electrons. The fourth-order valence-electron chi connectivity index (χ4n) is 4.71. The van der Waals surface area contributed by atoms with Crippen LogP contribution in [0, 0.1) is 17.5 Å². The first-order valence-corrected chi connectivity index (χ1v) is 13.6. The maximum absolute atomic E-state index is 15.1. The first kappa shape index (κ1) is 37.4. The molecule has 0 spiro atoms. The van der Waals surface area contributed by atoms with E-state index in [1.807, 2.05) is 0 Å². The second kappa shape index (κ2) is 13.8. The van der Waals surface area contributed by atoms with Gasteiger partial charge in [0.1, 0.15) is 17.4 Å². The van der Waals surface area contributed by atoms with E-state index in [2.05, 4.69) is 14.8 Å². The van der Waals surface area contributed by atoms with Gasteiger partial charge in [0.05, 0.1) is 11.1 Å². The standard InChI is InChI=1S/C32H19F12NO5/c33-20-11-19(12-21(14-20)49-31(41,42)27(36)37)29(15-16-4-2-1-3-5-16,18-7-9-24(35)25(13-18)50-32(43,44)28(47)48)45-26(46)17-6-8-23(34)22(10-17)30(38,39)40/h1-14,27H,15H2,(H,45,46)(H,47,48). The highest BCUT2D eigenvalue weighted by Crippen LogP contribution is 2.41. The lowest BCUT2D eigenvalue weighted by Gasteiger charge is -2.37. The third-order valence-electron chi connectivity index (χ3n) is 6.96. The molecule has 4 aromatic carbocycles. The van der Waals surface area contributed by atoms with Gasteiger partial charge in [0.2, 0.25) is 0 Å². The predicted molar refractivity (Wildman–Crippen MR) is 147 cm³/mol. The summed E-state index contributed by atoms with van der Waals surface area (Å²) in [4.78, 5) is 24.7. The van der Waals surface area contributed by atoms with Crippen molar-refractivity contribution in [1.29, 1.82) is 0 Å². The molecule has 0 saturated carbocycles. The van der Waals surface area contributed by atoms with Gasteiger partial charge in [-0.2, -0.15) is 39.5 Å². The highest BCUT2D eigenvalue weighted by atomic mass is 19.4. The van der Waals surface area contributed by atoms with Gasteiger partial charge < -0.3 is 19.9 Å². The molecule has 0 fully saturated rings. The van der Waals surface area contributed by atoms with E-state index < -0.39 is 99.9 Å². The fourth-order valence-corrected chi connectivity index (χ4v) is 4.71. The van der Waals surface area contributed by atoms with Gasteiger partial charge in [-0.1, -0.05) is 36.4 Å². The van der Waals surface area contributed by atoms with Crippen molar-refractivity contribution in [2.45, 2.75) is 36.8 Å². The zero-order valence-electron chi connectivity index (χ0n) is 24.5. The normalized spacial score (nSPS) is 13.5. The quantitative estimate of drug-likeness (QED) is 0.144. The Balaban J connectivity index is 2.05. The number of rotatable bonds is 12. The molecule has 18 heteroatoms.